The third kappa shape index (κ3) is 35.8. The number of nitrogens with two attached hydrogens (primary N) is 4. The Balaban J connectivity index is -0.00000155. The third-order valence-corrected chi connectivity index (χ3v) is 8.59. The number of amides is 5. The predicted octanol–water partition coefficient (Wildman–Crippen LogP) is 1.43. The minimum atomic E-state index is -1.27. The first kappa shape index (κ1) is 67.3. The van der Waals surface area contributed by atoms with E-state index in [2.05, 4.69) is 44.8 Å². The highest BCUT2D eigenvalue weighted by molar-refractivity contribution is 5.89. The summed E-state index contributed by atoms with van der Waals surface area (Å²) in [4.78, 5) is 76.7. The molecule has 1 saturated heterocycles. The number of primary amides is 2. The van der Waals surface area contributed by atoms with Gasteiger partial charge in [0.25, 0.3) is 5.91 Å². The molecular formula is C46H82N10O13. The molecule has 23 nitrogen and oxygen atoms in total. The van der Waals surface area contributed by atoms with Crippen LogP contribution in [0.4, 0.5) is 21.9 Å². The number of rotatable bonds is 27. The zero-order valence-electron chi connectivity index (χ0n) is 41.9. The first-order valence-corrected chi connectivity index (χ1v) is 22.7. The van der Waals surface area contributed by atoms with Crippen LogP contribution in [0, 0.1) is 5.92 Å². The lowest BCUT2D eigenvalue weighted by molar-refractivity contribution is -0.130. The minimum Gasteiger partial charge on any atom is -0.445 e. The van der Waals surface area contributed by atoms with E-state index < -0.39 is 29.5 Å². The molecule has 0 saturated carbocycles. The summed E-state index contributed by atoms with van der Waals surface area (Å²) >= 11 is 0. The summed E-state index contributed by atoms with van der Waals surface area (Å²) in [6.07, 6.45) is 2.56. The van der Waals surface area contributed by atoms with Gasteiger partial charge in [-0.15, -0.1) is 0 Å². The second-order valence-corrected chi connectivity index (χ2v) is 14.3. The number of alkyl carbamates (subject to hydrolysis) is 1. The SMILES string of the molecule is CC.CC=O.CCCNC.CNCCOCCOCCOCCOCCC(=O)NC(C(=O)NNc1ccc(COC(=O)NC2(C(N)=O)CCOC2)cc1)C(C)C.NC=O.Nc1ccc(C=O)cc1N. The van der Waals surface area contributed by atoms with Crippen LogP contribution in [0.1, 0.15) is 76.7 Å². The molecule has 2 aromatic carbocycles. The average molecular weight is 983 g/mol. The van der Waals surface area contributed by atoms with Crippen LogP contribution in [0.3, 0.4) is 0 Å². The number of aldehydes is 2. The van der Waals surface area contributed by atoms with Crippen LogP contribution >= 0.6 is 0 Å². The highest BCUT2D eigenvalue weighted by atomic mass is 16.6. The Bertz CT molecular complexity index is 1640. The van der Waals surface area contributed by atoms with Crippen LogP contribution in [-0.2, 0) is 59.0 Å². The van der Waals surface area contributed by atoms with Crippen molar-refractivity contribution in [3.8, 4) is 0 Å². The van der Waals surface area contributed by atoms with Crippen molar-refractivity contribution in [2.75, 3.05) is 110 Å². The first-order chi connectivity index (χ1) is 33.1. The summed E-state index contributed by atoms with van der Waals surface area (Å²) in [5, 5.41) is 11.3. The normalized spacial score (nSPS) is 13.4. The fourth-order valence-corrected chi connectivity index (χ4v) is 4.99. The van der Waals surface area contributed by atoms with E-state index in [1.165, 1.54) is 13.3 Å². The summed E-state index contributed by atoms with van der Waals surface area (Å²) in [6, 6.07) is 10.8. The van der Waals surface area contributed by atoms with Crippen molar-refractivity contribution in [2.24, 2.45) is 17.4 Å². The van der Waals surface area contributed by atoms with Gasteiger partial charge in [0.15, 0.2) is 0 Å². The van der Waals surface area contributed by atoms with Gasteiger partial charge in [-0.3, -0.25) is 34.8 Å². The van der Waals surface area contributed by atoms with Crippen LogP contribution in [0.2, 0.25) is 0 Å². The van der Waals surface area contributed by atoms with E-state index in [0.29, 0.717) is 81.0 Å². The molecule has 2 aromatic rings. The lowest BCUT2D eigenvalue weighted by Crippen LogP contribution is -2.58. The largest absolute Gasteiger partial charge is 0.445 e. The van der Waals surface area contributed by atoms with Gasteiger partial charge in [0.1, 0.15) is 30.8 Å². The number of nitrogen functional groups attached to an aromatic ring is 2. The fourth-order valence-electron chi connectivity index (χ4n) is 4.99. The van der Waals surface area contributed by atoms with Gasteiger partial charge in [-0.25, -0.2) is 4.79 Å². The highest BCUT2D eigenvalue weighted by Gasteiger charge is 2.42. The molecule has 69 heavy (non-hydrogen) atoms. The zero-order valence-corrected chi connectivity index (χ0v) is 41.9. The van der Waals surface area contributed by atoms with Gasteiger partial charge < -0.3 is 77.4 Å². The maximum absolute atomic E-state index is 12.8. The number of likely N-dealkylation sites (N-methyl/N-ethyl adjacent to an activating group) is 1. The van der Waals surface area contributed by atoms with Crippen molar-refractivity contribution in [2.45, 2.75) is 79.0 Å². The number of carbonyl (C=O) groups is 7. The Kier molecular flexibility index (Phi) is 44.7. The molecule has 1 heterocycles. The first-order valence-electron chi connectivity index (χ1n) is 22.7. The number of benzene rings is 2. The van der Waals surface area contributed by atoms with Gasteiger partial charge in [-0.1, -0.05) is 46.8 Å². The van der Waals surface area contributed by atoms with Gasteiger partial charge in [0.05, 0.1) is 76.5 Å². The lowest BCUT2D eigenvalue weighted by Gasteiger charge is -2.24. The average Bonchev–Trinajstić information content (AvgIpc) is 3.82. The Morgan fingerprint density at radius 1 is 0.812 bits per heavy atom. The smallest absolute Gasteiger partial charge is 0.408 e. The van der Waals surface area contributed by atoms with Crippen molar-refractivity contribution in [3.05, 3.63) is 53.6 Å². The maximum atomic E-state index is 12.8. The quantitative estimate of drug-likeness (QED) is 0.0262. The van der Waals surface area contributed by atoms with Crippen molar-refractivity contribution in [3.63, 3.8) is 0 Å². The van der Waals surface area contributed by atoms with Gasteiger partial charge in [0, 0.05) is 31.6 Å². The lowest BCUT2D eigenvalue weighted by atomic mass is 9.98. The number of ether oxygens (including phenoxy) is 6. The molecule has 1 aliphatic rings. The van der Waals surface area contributed by atoms with E-state index in [1.54, 1.807) is 42.5 Å². The molecule has 1 aliphatic heterocycles. The summed E-state index contributed by atoms with van der Waals surface area (Å²) in [5.41, 5.74) is 27.3. The molecule has 0 spiro atoms. The number of carbonyl (C=O) groups excluding carboxylic acids is 7. The summed E-state index contributed by atoms with van der Waals surface area (Å²) in [6.45, 7) is 17.0. The van der Waals surface area contributed by atoms with Gasteiger partial charge >= 0.3 is 6.09 Å². The van der Waals surface area contributed by atoms with E-state index in [0.717, 1.165) is 25.7 Å². The monoisotopic (exact) mass is 983 g/mol. The summed E-state index contributed by atoms with van der Waals surface area (Å²) < 4.78 is 32.1. The molecule has 0 aromatic heterocycles. The van der Waals surface area contributed by atoms with Crippen molar-refractivity contribution < 1.29 is 62.0 Å². The molecule has 394 valence electrons. The van der Waals surface area contributed by atoms with Crippen LogP contribution in [0.15, 0.2) is 42.5 Å². The number of anilines is 3. The zero-order chi connectivity index (χ0) is 52.7. The van der Waals surface area contributed by atoms with Crippen LogP contribution in [-0.4, -0.2) is 148 Å². The summed E-state index contributed by atoms with van der Waals surface area (Å²) in [7, 11) is 3.83. The van der Waals surface area contributed by atoms with E-state index in [-0.39, 0.29) is 50.9 Å². The third-order valence-electron chi connectivity index (χ3n) is 8.59. The molecule has 3 rings (SSSR count). The van der Waals surface area contributed by atoms with E-state index in [9.17, 15) is 24.0 Å². The Morgan fingerprint density at radius 3 is 1.78 bits per heavy atom. The maximum Gasteiger partial charge on any atom is 0.408 e. The van der Waals surface area contributed by atoms with Crippen LogP contribution in [0.5, 0.6) is 0 Å². The number of nitrogens with one attached hydrogen (secondary N) is 6. The van der Waals surface area contributed by atoms with Crippen molar-refractivity contribution in [1.82, 2.24) is 26.7 Å². The Labute approximate surface area is 407 Å². The second kappa shape index (κ2) is 45.8. The van der Waals surface area contributed by atoms with E-state index in [1.807, 2.05) is 41.8 Å². The van der Waals surface area contributed by atoms with Gasteiger partial charge in [0.2, 0.25) is 18.2 Å². The van der Waals surface area contributed by atoms with Crippen LogP contribution in [0.25, 0.3) is 0 Å². The topological polar surface area (TPSA) is 351 Å². The molecule has 0 aliphatic carbocycles. The van der Waals surface area contributed by atoms with E-state index in [4.69, 9.17) is 55.2 Å². The fraction of sp³-hybridized carbons (Fsp3) is 0.587. The van der Waals surface area contributed by atoms with Gasteiger partial charge in [-0.2, -0.15) is 0 Å². The molecule has 1 fully saturated rings. The standard InChI is InChI=1S/C30H50N6O10.C7H8N2O.C4H11N.C2H4O.C2H6.CH3NO/c1-22(2)26(33-25(37)8-11-41-14-16-43-18-19-44-17-15-42-13-10-32-3)27(38)36-35-24-6-4-23(5-7-24)20-46-29(40)34-30(28(31)39)9-12-45-21-30;8-6-2-1-5(4-10)3-7(6)9;1-3-4-5-2;1-2-3;1-2;2-1-3/h4-7,22,26,32,35H,8-21H2,1-3H3,(H2,31,39)(H,33,37)(H,34,40)(H,36,38);1-4H,8-9H2;5H,3-4H2,1-2H3;2H,1H3;1-2H3;1H,(H2,2,3). The summed E-state index contributed by atoms with van der Waals surface area (Å²) in [5.74, 6) is -1.57. The Hall–Kier alpha value is -5.95. The van der Waals surface area contributed by atoms with Crippen molar-refractivity contribution >= 4 is 59.9 Å². The molecule has 23 heteroatoms. The van der Waals surface area contributed by atoms with Gasteiger partial charge in [-0.05, 0) is 75.8 Å². The number of hydrazine groups is 1. The predicted molar refractivity (Wildman–Crippen MR) is 266 cm³/mol. The molecule has 2 unspecified atom stereocenters. The number of hydrogen-bond acceptors (Lipinski definition) is 18. The molecule has 2 atom stereocenters. The van der Waals surface area contributed by atoms with E-state index >= 15 is 0 Å². The molecule has 14 N–H and O–H groups in total. The van der Waals surface area contributed by atoms with Crippen LogP contribution < -0.4 is 55.1 Å². The second-order valence-electron chi connectivity index (χ2n) is 14.3. The number of hydrogen-bond donors (Lipinski definition) is 10. The Morgan fingerprint density at radius 2 is 1.35 bits per heavy atom. The molecule has 0 radical (unpaired) electrons. The molecule has 0 bridgehead atoms. The van der Waals surface area contributed by atoms with Crippen molar-refractivity contribution in [1.29, 1.82) is 0 Å². The highest BCUT2D eigenvalue weighted by Crippen LogP contribution is 2.19. The molecular weight excluding hydrogens is 901 g/mol. The minimum absolute atomic E-state index is 0.00176. The molecule has 5 amide bonds.